The number of rotatable bonds is 5. The topological polar surface area (TPSA) is 46.6 Å². The maximum Gasteiger partial charge on any atom is 0.265 e. The summed E-state index contributed by atoms with van der Waals surface area (Å²) in [5.74, 6) is -0.653. The SMILES string of the molecule is CC1CC(=O)c2c(OCC(=O)N(c3ccccc3)C(C)C)ccc(F)c21. The summed E-state index contributed by atoms with van der Waals surface area (Å²) < 4.78 is 19.7. The molecule has 0 bridgehead atoms. The molecule has 2 aromatic carbocycles. The number of para-hydroxylation sites is 1. The molecule has 4 nitrogen and oxygen atoms in total. The largest absolute Gasteiger partial charge is 0.483 e. The number of ketones is 1. The Labute approximate surface area is 152 Å². The van der Waals surface area contributed by atoms with E-state index < -0.39 is 5.82 Å². The molecular formula is C21H22FNO3. The molecule has 136 valence electrons. The first-order valence-corrected chi connectivity index (χ1v) is 8.75. The third-order valence-corrected chi connectivity index (χ3v) is 4.59. The zero-order chi connectivity index (χ0) is 18.8. The van der Waals surface area contributed by atoms with Crippen molar-refractivity contribution < 1.29 is 18.7 Å². The van der Waals surface area contributed by atoms with E-state index in [1.807, 2.05) is 51.1 Å². The van der Waals surface area contributed by atoms with E-state index in [0.29, 0.717) is 5.56 Å². The molecule has 26 heavy (non-hydrogen) atoms. The lowest BCUT2D eigenvalue weighted by Crippen LogP contribution is -2.40. The van der Waals surface area contributed by atoms with Crippen LogP contribution in [0.3, 0.4) is 0 Å². The molecule has 0 aromatic heterocycles. The molecular weight excluding hydrogens is 333 g/mol. The lowest BCUT2D eigenvalue weighted by Gasteiger charge is -2.27. The third kappa shape index (κ3) is 3.34. The van der Waals surface area contributed by atoms with Gasteiger partial charge in [0.25, 0.3) is 5.91 Å². The molecule has 5 heteroatoms. The number of carbonyl (C=O) groups is 2. The van der Waals surface area contributed by atoms with Crippen molar-refractivity contribution in [2.45, 2.75) is 39.2 Å². The van der Waals surface area contributed by atoms with Crippen molar-refractivity contribution in [3.8, 4) is 5.75 Å². The van der Waals surface area contributed by atoms with Crippen LogP contribution in [0.1, 0.15) is 49.0 Å². The van der Waals surface area contributed by atoms with Gasteiger partial charge in [-0.05, 0) is 44.0 Å². The van der Waals surface area contributed by atoms with Gasteiger partial charge in [0, 0.05) is 23.7 Å². The summed E-state index contributed by atoms with van der Waals surface area (Å²) in [6, 6.07) is 12.0. The predicted molar refractivity (Wildman–Crippen MR) is 98.3 cm³/mol. The molecule has 1 aliphatic carbocycles. The summed E-state index contributed by atoms with van der Waals surface area (Å²) in [4.78, 5) is 26.6. The zero-order valence-electron chi connectivity index (χ0n) is 15.2. The molecule has 1 atom stereocenters. The van der Waals surface area contributed by atoms with E-state index in [1.54, 1.807) is 4.90 Å². The van der Waals surface area contributed by atoms with E-state index in [0.717, 1.165) is 5.69 Å². The second-order valence-corrected chi connectivity index (χ2v) is 6.84. The monoisotopic (exact) mass is 355 g/mol. The highest BCUT2D eigenvalue weighted by Crippen LogP contribution is 2.39. The number of ether oxygens (including phenoxy) is 1. The number of Topliss-reactive ketones (excluding diaryl/α,β-unsaturated/α-hetero) is 1. The normalized spacial score (nSPS) is 15.9. The van der Waals surface area contributed by atoms with Gasteiger partial charge in [-0.2, -0.15) is 0 Å². The summed E-state index contributed by atoms with van der Waals surface area (Å²) in [5, 5.41) is 0. The van der Waals surface area contributed by atoms with Crippen LogP contribution in [0, 0.1) is 5.82 Å². The van der Waals surface area contributed by atoms with Gasteiger partial charge >= 0.3 is 0 Å². The van der Waals surface area contributed by atoms with Gasteiger partial charge in [0.15, 0.2) is 12.4 Å². The van der Waals surface area contributed by atoms with Crippen LogP contribution in [0.2, 0.25) is 0 Å². The number of anilines is 1. The third-order valence-electron chi connectivity index (χ3n) is 4.59. The Morgan fingerprint density at radius 1 is 1.23 bits per heavy atom. The Bertz CT molecular complexity index is 833. The molecule has 0 saturated carbocycles. The zero-order valence-corrected chi connectivity index (χ0v) is 15.2. The second kappa shape index (κ2) is 7.28. The van der Waals surface area contributed by atoms with Crippen molar-refractivity contribution >= 4 is 17.4 Å². The average Bonchev–Trinajstić information content (AvgIpc) is 2.91. The number of nitrogens with zero attached hydrogens (tertiary/aromatic N) is 1. The molecule has 1 aliphatic rings. The minimum Gasteiger partial charge on any atom is -0.483 e. The molecule has 1 unspecified atom stereocenters. The van der Waals surface area contributed by atoms with E-state index in [2.05, 4.69) is 0 Å². The second-order valence-electron chi connectivity index (χ2n) is 6.84. The van der Waals surface area contributed by atoms with Crippen molar-refractivity contribution in [3.63, 3.8) is 0 Å². The van der Waals surface area contributed by atoms with Gasteiger partial charge in [-0.1, -0.05) is 25.1 Å². The molecule has 0 aliphatic heterocycles. The number of amides is 1. The van der Waals surface area contributed by atoms with Crippen LogP contribution >= 0.6 is 0 Å². The number of fused-ring (bicyclic) bond motifs is 1. The standard InChI is InChI=1S/C21H22FNO3/c1-13(2)23(15-7-5-4-6-8-15)19(25)12-26-18-10-9-16(22)20-14(3)11-17(24)21(18)20/h4-10,13-14H,11-12H2,1-3H3. The lowest BCUT2D eigenvalue weighted by atomic mass is 10.0. The van der Waals surface area contributed by atoms with E-state index in [4.69, 9.17) is 4.74 Å². The van der Waals surface area contributed by atoms with Crippen LogP contribution < -0.4 is 9.64 Å². The summed E-state index contributed by atoms with van der Waals surface area (Å²) >= 11 is 0. The minimum atomic E-state index is -0.398. The molecule has 0 spiro atoms. The fraction of sp³-hybridized carbons (Fsp3) is 0.333. The highest BCUT2D eigenvalue weighted by Gasteiger charge is 2.33. The van der Waals surface area contributed by atoms with E-state index in [1.165, 1.54) is 12.1 Å². The first-order valence-electron chi connectivity index (χ1n) is 8.75. The maximum atomic E-state index is 14.1. The highest BCUT2D eigenvalue weighted by atomic mass is 19.1. The van der Waals surface area contributed by atoms with Crippen LogP contribution in [0.4, 0.5) is 10.1 Å². The highest BCUT2D eigenvalue weighted by molar-refractivity contribution is 6.04. The quantitative estimate of drug-likeness (QED) is 0.802. The van der Waals surface area contributed by atoms with E-state index in [-0.39, 0.29) is 48.0 Å². The molecule has 0 heterocycles. The Morgan fingerprint density at radius 2 is 1.92 bits per heavy atom. The number of benzene rings is 2. The first kappa shape index (κ1) is 18.1. The Morgan fingerprint density at radius 3 is 2.58 bits per heavy atom. The van der Waals surface area contributed by atoms with Gasteiger partial charge in [0.1, 0.15) is 11.6 Å². The molecule has 3 rings (SSSR count). The molecule has 1 amide bonds. The van der Waals surface area contributed by atoms with Crippen molar-refractivity contribution in [2.24, 2.45) is 0 Å². The number of carbonyl (C=O) groups excluding carboxylic acids is 2. The van der Waals surface area contributed by atoms with Gasteiger partial charge in [-0.3, -0.25) is 9.59 Å². The Balaban J connectivity index is 1.81. The molecule has 2 aromatic rings. The molecule has 0 N–H and O–H groups in total. The fourth-order valence-corrected chi connectivity index (χ4v) is 3.47. The molecule has 0 radical (unpaired) electrons. The van der Waals surface area contributed by atoms with Crippen LogP contribution in [-0.4, -0.2) is 24.3 Å². The average molecular weight is 355 g/mol. The van der Waals surface area contributed by atoms with E-state index >= 15 is 0 Å². The van der Waals surface area contributed by atoms with Gasteiger partial charge in [-0.15, -0.1) is 0 Å². The number of halogens is 1. The molecule has 0 fully saturated rings. The summed E-state index contributed by atoms with van der Waals surface area (Å²) in [6.45, 7) is 5.45. The van der Waals surface area contributed by atoms with Gasteiger partial charge in [-0.25, -0.2) is 4.39 Å². The van der Waals surface area contributed by atoms with Crippen molar-refractivity contribution in [1.29, 1.82) is 0 Å². The summed E-state index contributed by atoms with van der Waals surface area (Å²) in [5.41, 5.74) is 1.45. The number of hydrogen-bond donors (Lipinski definition) is 0. The summed E-state index contributed by atoms with van der Waals surface area (Å²) in [7, 11) is 0. The van der Waals surface area contributed by atoms with Crippen molar-refractivity contribution in [2.75, 3.05) is 11.5 Å². The minimum absolute atomic E-state index is 0.0471. The van der Waals surface area contributed by atoms with Crippen molar-refractivity contribution in [3.05, 3.63) is 59.4 Å². The van der Waals surface area contributed by atoms with Crippen LogP contribution in [-0.2, 0) is 4.79 Å². The fourth-order valence-electron chi connectivity index (χ4n) is 3.47. The van der Waals surface area contributed by atoms with Gasteiger partial charge in [0.05, 0.1) is 5.56 Å². The van der Waals surface area contributed by atoms with Crippen LogP contribution in [0.15, 0.2) is 42.5 Å². The van der Waals surface area contributed by atoms with Crippen LogP contribution in [0.25, 0.3) is 0 Å². The van der Waals surface area contributed by atoms with Gasteiger partial charge in [0.2, 0.25) is 0 Å². The van der Waals surface area contributed by atoms with Gasteiger partial charge < -0.3 is 9.64 Å². The Hall–Kier alpha value is -2.69. The first-order chi connectivity index (χ1) is 12.4. The Kier molecular flexibility index (Phi) is 5.07. The van der Waals surface area contributed by atoms with Crippen molar-refractivity contribution in [1.82, 2.24) is 0 Å². The predicted octanol–water partition coefficient (Wildman–Crippen LogP) is 4.34. The smallest absolute Gasteiger partial charge is 0.265 e. The van der Waals surface area contributed by atoms with Crippen LogP contribution in [0.5, 0.6) is 5.75 Å². The number of hydrogen-bond acceptors (Lipinski definition) is 3. The molecule has 0 saturated heterocycles. The van der Waals surface area contributed by atoms with E-state index in [9.17, 15) is 14.0 Å². The maximum absolute atomic E-state index is 14.1. The summed E-state index contributed by atoms with van der Waals surface area (Å²) in [6.07, 6.45) is 0.267. The lowest BCUT2D eigenvalue weighted by molar-refractivity contribution is -0.120.